The van der Waals surface area contributed by atoms with Crippen molar-refractivity contribution in [1.29, 1.82) is 0 Å². The second-order valence-corrected chi connectivity index (χ2v) is 7.24. The van der Waals surface area contributed by atoms with E-state index in [4.69, 9.17) is 4.74 Å². The van der Waals surface area contributed by atoms with Gasteiger partial charge in [0.2, 0.25) is 0 Å². The number of halogens is 3. The molecule has 1 aromatic carbocycles. The predicted octanol–water partition coefficient (Wildman–Crippen LogP) is 2.63. The van der Waals surface area contributed by atoms with E-state index in [1.54, 1.807) is 0 Å². The van der Waals surface area contributed by atoms with E-state index in [0.29, 0.717) is 12.2 Å². The van der Waals surface area contributed by atoms with Crippen LogP contribution < -0.4 is 5.32 Å². The molecule has 18 heavy (non-hydrogen) atoms. The number of hydrogen-bond acceptors (Lipinski definition) is 2. The third-order valence-electron chi connectivity index (χ3n) is 2.26. The Morgan fingerprint density at radius 3 is 2.67 bits per heavy atom. The molecule has 1 aromatic rings. The van der Waals surface area contributed by atoms with Crippen molar-refractivity contribution in [3.63, 3.8) is 0 Å². The van der Waals surface area contributed by atoms with Crippen LogP contribution in [0, 0.1) is 10.7 Å². The fraction of sp³-hybridized carbons (Fsp3) is 0.417. The third kappa shape index (κ3) is 5.45. The highest BCUT2D eigenvalue weighted by Gasteiger charge is 2.14. The highest BCUT2D eigenvalue weighted by Crippen LogP contribution is 2.23. The summed E-state index contributed by atoms with van der Waals surface area (Å²) in [7, 11) is 0. The maximum absolute atomic E-state index is 12.0. The van der Waals surface area contributed by atoms with E-state index >= 15 is 0 Å². The number of esters is 1. The van der Waals surface area contributed by atoms with Gasteiger partial charge in [0.05, 0.1) is 12.1 Å². The van der Waals surface area contributed by atoms with Crippen molar-refractivity contribution in [2.24, 2.45) is 0 Å². The predicted molar refractivity (Wildman–Crippen MR) is 96.8 cm³/mol. The number of carbonyl (C=O) groups excluding carboxylic acids is 1. The molecule has 0 saturated carbocycles. The summed E-state index contributed by atoms with van der Waals surface area (Å²) in [5, 5.41) is 2.16. The van der Waals surface area contributed by atoms with Crippen molar-refractivity contribution in [3.05, 3.63) is 28.4 Å². The summed E-state index contributed by atoms with van der Waals surface area (Å²) in [4.78, 5) is 12.0. The van der Waals surface area contributed by atoms with E-state index in [2.05, 4.69) is 86.1 Å². The zero-order valence-corrected chi connectivity index (χ0v) is 16.5. The molecule has 0 aliphatic heterocycles. The van der Waals surface area contributed by atoms with Gasteiger partial charge in [-0.1, -0.05) is 6.92 Å². The number of carbonyl (C=O) groups is 1. The Morgan fingerprint density at radius 1 is 1.28 bits per heavy atom. The molecule has 0 spiro atoms. The smallest absolute Gasteiger partial charge is 0.339 e. The fourth-order valence-corrected chi connectivity index (χ4v) is 3.74. The highest BCUT2D eigenvalue weighted by atomic mass is 127. The quantitative estimate of drug-likeness (QED) is 0.242. The first-order valence-corrected chi connectivity index (χ1v) is 8.93. The van der Waals surface area contributed by atoms with Crippen LogP contribution in [0.1, 0.15) is 23.7 Å². The van der Waals surface area contributed by atoms with E-state index in [0.717, 1.165) is 30.2 Å². The summed E-state index contributed by atoms with van der Waals surface area (Å²) in [6.07, 6.45) is 1.14. The Labute approximate surface area is 148 Å². The van der Waals surface area contributed by atoms with Crippen molar-refractivity contribution in [2.75, 3.05) is 19.7 Å². The lowest BCUT2D eigenvalue weighted by Gasteiger charge is -2.08. The van der Waals surface area contributed by atoms with Gasteiger partial charge >= 0.3 is 5.97 Å². The van der Waals surface area contributed by atoms with Gasteiger partial charge in [-0.2, -0.15) is 0 Å². The monoisotopic (exact) mass is 586 g/mol. The molecule has 3 nitrogen and oxygen atoms in total. The summed E-state index contributed by atoms with van der Waals surface area (Å²) in [6.45, 7) is 4.52. The standard InChI is InChI=1S/C12H14I3NO2/c1-2-3-16-4-5-18-12(17)9-6-8(13)7-10(14)11(9)15/h6-7,16H,2-5H2,1H3/p+1. The first kappa shape index (κ1) is 16.9. The molecule has 2 N–H and O–H groups in total. The largest absolute Gasteiger partial charge is 0.456 e. The van der Waals surface area contributed by atoms with Gasteiger partial charge in [0.1, 0.15) is 13.2 Å². The zero-order valence-electron chi connectivity index (χ0n) is 10.0. The summed E-state index contributed by atoms with van der Waals surface area (Å²) in [5.74, 6) is -0.222. The minimum Gasteiger partial charge on any atom is -0.456 e. The maximum atomic E-state index is 12.0. The Morgan fingerprint density at radius 2 is 2.00 bits per heavy atom. The van der Waals surface area contributed by atoms with Gasteiger partial charge in [-0.05, 0) is 86.3 Å². The lowest BCUT2D eigenvalue weighted by molar-refractivity contribution is -0.655. The summed E-state index contributed by atoms with van der Waals surface area (Å²) >= 11 is 6.65. The Balaban J connectivity index is 2.56. The van der Waals surface area contributed by atoms with Crippen molar-refractivity contribution in [3.8, 4) is 0 Å². The van der Waals surface area contributed by atoms with Gasteiger partial charge in [-0.3, -0.25) is 0 Å². The lowest BCUT2D eigenvalue weighted by Crippen LogP contribution is -2.85. The van der Waals surface area contributed by atoms with Crippen LogP contribution in [0.3, 0.4) is 0 Å². The maximum Gasteiger partial charge on any atom is 0.339 e. The van der Waals surface area contributed by atoms with Crippen molar-refractivity contribution >= 4 is 73.7 Å². The van der Waals surface area contributed by atoms with E-state index in [1.165, 1.54) is 0 Å². The first-order valence-electron chi connectivity index (χ1n) is 5.69. The van der Waals surface area contributed by atoms with Crippen LogP contribution in [0.5, 0.6) is 0 Å². The van der Waals surface area contributed by atoms with Gasteiger partial charge < -0.3 is 10.1 Å². The summed E-state index contributed by atoms with van der Waals surface area (Å²) < 4.78 is 8.40. The van der Waals surface area contributed by atoms with Gasteiger partial charge in [0, 0.05) is 10.7 Å². The molecule has 0 radical (unpaired) electrons. The second-order valence-electron chi connectivity index (χ2n) is 3.75. The molecule has 0 aliphatic rings. The fourth-order valence-electron chi connectivity index (χ4n) is 1.37. The lowest BCUT2D eigenvalue weighted by atomic mass is 10.2. The zero-order chi connectivity index (χ0) is 13.5. The number of benzene rings is 1. The van der Waals surface area contributed by atoms with E-state index in [1.807, 2.05) is 6.07 Å². The summed E-state index contributed by atoms with van der Waals surface area (Å²) in [6, 6.07) is 3.93. The van der Waals surface area contributed by atoms with Crippen LogP contribution in [-0.4, -0.2) is 25.7 Å². The van der Waals surface area contributed by atoms with Crippen LogP contribution in [0.2, 0.25) is 0 Å². The molecule has 0 heterocycles. The van der Waals surface area contributed by atoms with Crippen LogP contribution in [0.15, 0.2) is 12.1 Å². The van der Waals surface area contributed by atoms with Crippen molar-refractivity contribution in [2.45, 2.75) is 13.3 Å². The summed E-state index contributed by atoms with van der Waals surface area (Å²) in [5.41, 5.74) is 0.669. The third-order valence-corrected chi connectivity index (χ3v) is 5.93. The highest BCUT2D eigenvalue weighted by molar-refractivity contribution is 14.1. The SMILES string of the molecule is CCC[NH2+]CCOC(=O)c1cc(I)cc(I)c1I. The second kappa shape index (κ2) is 8.90. The van der Waals surface area contributed by atoms with Gasteiger partial charge in [-0.15, -0.1) is 0 Å². The normalized spacial score (nSPS) is 10.4. The molecule has 6 heteroatoms. The molecule has 0 fully saturated rings. The molecular weight excluding hydrogens is 571 g/mol. The number of rotatable bonds is 6. The van der Waals surface area contributed by atoms with Gasteiger partial charge in [0.25, 0.3) is 0 Å². The number of quaternary nitrogens is 1. The Bertz CT molecular complexity index is 424. The average molecular weight is 586 g/mol. The molecule has 100 valence electrons. The molecule has 0 atom stereocenters. The van der Waals surface area contributed by atoms with Crippen LogP contribution in [0.4, 0.5) is 0 Å². The molecule has 0 bridgehead atoms. The van der Waals surface area contributed by atoms with Crippen molar-refractivity contribution in [1.82, 2.24) is 0 Å². The first-order chi connectivity index (χ1) is 8.56. The molecule has 0 aliphatic carbocycles. The molecule has 0 amide bonds. The van der Waals surface area contributed by atoms with Crippen LogP contribution in [-0.2, 0) is 4.74 Å². The van der Waals surface area contributed by atoms with Crippen LogP contribution in [0.25, 0.3) is 0 Å². The molecule has 0 aromatic heterocycles. The van der Waals surface area contributed by atoms with Crippen LogP contribution >= 0.6 is 67.8 Å². The minimum atomic E-state index is -0.222. The van der Waals surface area contributed by atoms with E-state index in [9.17, 15) is 4.79 Å². The van der Waals surface area contributed by atoms with Gasteiger partial charge in [0.15, 0.2) is 0 Å². The number of ether oxygens (including phenoxy) is 1. The van der Waals surface area contributed by atoms with E-state index < -0.39 is 0 Å². The minimum absolute atomic E-state index is 0.222. The number of nitrogens with two attached hydrogens (primary N) is 1. The topological polar surface area (TPSA) is 42.9 Å². The molecule has 1 rings (SSSR count). The van der Waals surface area contributed by atoms with Gasteiger partial charge in [-0.25, -0.2) is 4.79 Å². The number of hydrogen-bond donors (Lipinski definition) is 1. The van der Waals surface area contributed by atoms with Crippen molar-refractivity contribution < 1.29 is 14.8 Å². The Kier molecular flexibility index (Phi) is 8.35. The molecular formula is C12H15I3NO2+. The van der Waals surface area contributed by atoms with E-state index in [-0.39, 0.29) is 5.97 Å². The average Bonchev–Trinajstić information content (AvgIpc) is 2.33. The Hall–Kier alpha value is 0.840. The molecule has 0 saturated heterocycles. The molecule has 0 unspecified atom stereocenters.